The van der Waals surface area contributed by atoms with Crippen molar-refractivity contribution in [2.24, 2.45) is 5.92 Å². The Morgan fingerprint density at radius 3 is 2.32 bits per heavy atom. The zero-order valence-corrected chi connectivity index (χ0v) is 15.6. The lowest BCUT2D eigenvalue weighted by Crippen LogP contribution is -2.48. The lowest BCUT2D eigenvalue weighted by Gasteiger charge is -2.32. The van der Waals surface area contributed by atoms with E-state index >= 15 is 0 Å². The highest BCUT2D eigenvalue weighted by atomic mass is 28.4. The summed E-state index contributed by atoms with van der Waals surface area (Å²) < 4.78 is 18.0. The molecule has 0 radical (unpaired) electrons. The van der Waals surface area contributed by atoms with Crippen molar-refractivity contribution in [3.8, 4) is 6.07 Å². The number of nitrogens with zero attached hydrogens (tertiary/aromatic N) is 1. The molecule has 0 saturated heterocycles. The van der Waals surface area contributed by atoms with Gasteiger partial charge >= 0.3 is 8.80 Å². The van der Waals surface area contributed by atoms with Gasteiger partial charge in [0.05, 0.1) is 6.07 Å². The highest BCUT2D eigenvalue weighted by Gasteiger charge is 2.41. The summed E-state index contributed by atoms with van der Waals surface area (Å²) in [5.74, 6) is 0.870. The molecule has 1 aliphatic rings. The van der Waals surface area contributed by atoms with Crippen molar-refractivity contribution in [3.63, 3.8) is 0 Å². The third kappa shape index (κ3) is 7.23. The molecule has 22 heavy (non-hydrogen) atoms. The van der Waals surface area contributed by atoms with Gasteiger partial charge in [-0.1, -0.05) is 32.1 Å². The van der Waals surface area contributed by atoms with E-state index in [1.165, 1.54) is 38.5 Å². The average molecular weight is 328 g/mol. The minimum absolute atomic E-state index is 0.144. The third-order valence-electron chi connectivity index (χ3n) is 4.36. The van der Waals surface area contributed by atoms with E-state index in [1.54, 1.807) is 0 Å². The first-order chi connectivity index (χ1) is 10.7. The smallest absolute Gasteiger partial charge is 0.374 e. The van der Waals surface area contributed by atoms with E-state index in [-0.39, 0.29) is 6.10 Å². The maximum atomic E-state index is 8.88. The molecule has 1 rings (SSSR count). The molecule has 1 fully saturated rings. The van der Waals surface area contributed by atoms with E-state index in [0.717, 1.165) is 12.3 Å². The molecule has 0 aromatic heterocycles. The Balaban J connectivity index is 2.48. The SMILES string of the molecule is CCO[Si](CCC#N)(OCC)OC(C)CCC1CCCCC1. The molecule has 5 heteroatoms. The molecule has 0 aromatic carbocycles. The molecule has 4 nitrogen and oxygen atoms in total. The van der Waals surface area contributed by atoms with Crippen LogP contribution in [0.2, 0.25) is 6.04 Å². The molecule has 0 spiro atoms. The van der Waals surface area contributed by atoms with Gasteiger partial charge in [-0.2, -0.15) is 5.26 Å². The number of nitriles is 1. The molecule has 0 amide bonds. The largest absolute Gasteiger partial charge is 0.502 e. The molecule has 0 heterocycles. The van der Waals surface area contributed by atoms with Crippen molar-refractivity contribution in [2.45, 2.75) is 84.3 Å². The monoisotopic (exact) mass is 327 g/mol. The summed E-state index contributed by atoms with van der Waals surface area (Å²) in [5, 5.41) is 8.88. The van der Waals surface area contributed by atoms with Gasteiger partial charge in [-0.15, -0.1) is 0 Å². The van der Waals surface area contributed by atoms with Crippen LogP contribution in [0.1, 0.15) is 72.1 Å². The fourth-order valence-corrected chi connectivity index (χ4v) is 5.93. The molecular formula is C17H33NO3Si. The van der Waals surface area contributed by atoms with Crippen LogP contribution in [-0.4, -0.2) is 28.1 Å². The topological polar surface area (TPSA) is 51.5 Å². The molecule has 128 valence electrons. The van der Waals surface area contributed by atoms with E-state index in [4.69, 9.17) is 18.5 Å². The summed E-state index contributed by atoms with van der Waals surface area (Å²) in [5.41, 5.74) is 0. The quantitative estimate of drug-likeness (QED) is 0.517. The molecule has 0 bridgehead atoms. The summed E-state index contributed by atoms with van der Waals surface area (Å²) in [7, 11) is -2.69. The van der Waals surface area contributed by atoms with Gasteiger partial charge in [0, 0.05) is 31.8 Å². The predicted molar refractivity (Wildman–Crippen MR) is 90.4 cm³/mol. The summed E-state index contributed by atoms with van der Waals surface area (Å²) in [4.78, 5) is 0. The van der Waals surface area contributed by atoms with E-state index in [1.807, 2.05) is 13.8 Å². The van der Waals surface area contributed by atoms with E-state index in [0.29, 0.717) is 25.7 Å². The summed E-state index contributed by atoms with van der Waals surface area (Å²) in [6.07, 6.45) is 9.81. The Hall–Kier alpha value is -0.413. The van der Waals surface area contributed by atoms with Crippen LogP contribution in [0.4, 0.5) is 0 Å². The lowest BCUT2D eigenvalue weighted by molar-refractivity contribution is 0.0332. The van der Waals surface area contributed by atoms with Gasteiger partial charge in [-0.25, -0.2) is 0 Å². The van der Waals surface area contributed by atoms with Crippen LogP contribution in [0.25, 0.3) is 0 Å². The van der Waals surface area contributed by atoms with Crippen molar-refractivity contribution in [2.75, 3.05) is 13.2 Å². The highest BCUT2D eigenvalue weighted by molar-refractivity contribution is 6.60. The Kier molecular flexibility index (Phi) is 9.97. The van der Waals surface area contributed by atoms with Gasteiger partial charge in [-0.05, 0) is 39.5 Å². The molecule has 0 N–H and O–H groups in total. The van der Waals surface area contributed by atoms with E-state index in [2.05, 4.69) is 13.0 Å². The fraction of sp³-hybridized carbons (Fsp3) is 0.941. The van der Waals surface area contributed by atoms with Crippen LogP contribution >= 0.6 is 0 Å². The Morgan fingerprint density at radius 1 is 1.14 bits per heavy atom. The molecular weight excluding hydrogens is 294 g/mol. The Labute approximate surface area is 137 Å². The first-order valence-electron chi connectivity index (χ1n) is 8.98. The van der Waals surface area contributed by atoms with Crippen LogP contribution in [0.15, 0.2) is 0 Å². The second-order valence-corrected chi connectivity index (χ2v) is 8.90. The van der Waals surface area contributed by atoms with Gasteiger partial charge in [-0.3, -0.25) is 0 Å². The molecule has 1 atom stereocenters. The fourth-order valence-electron chi connectivity index (χ4n) is 3.27. The maximum Gasteiger partial charge on any atom is 0.502 e. The second-order valence-electron chi connectivity index (χ2n) is 6.22. The van der Waals surface area contributed by atoms with Crippen molar-refractivity contribution >= 4 is 8.80 Å². The molecule has 0 aromatic rings. The van der Waals surface area contributed by atoms with Crippen molar-refractivity contribution in [1.82, 2.24) is 0 Å². The van der Waals surface area contributed by atoms with Crippen LogP contribution in [0, 0.1) is 17.2 Å². The summed E-state index contributed by atoms with van der Waals surface area (Å²) >= 11 is 0. The Morgan fingerprint density at radius 2 is 1.77 bits per heavy atom. The molecule has 0 aliphatic heterocycles. The van der Waals surface area contributed by atoms with E-state index in [9.17, 15) is 0 Å². The molecule has 1 saturated carbocycles. The van der Waals surface area contributed by atoms with Crippen molar-refractivity contribution < 1.29 is 13.3 Å². The highest BCUT2D eigenvalue weighted by Crippen LogP contribution is 2.29. The van der Waals surface area contributed by atoms with E-state index < -0.39 is 8.80 Å². The number of hydrogen-bond acceptors (Lipinski definition) is 4. The van der Waals surface area contributed by atoms with Gasteiger partial charge in [0.15, 0.2) is 0 Å². The van der Waals surface area contributed by atoms with Crippen LogP contribution in [0.3, 0.4) is 0 Å². The van der Waals surface area contributed by atoms with Crippen LogP contribution in [0.5, 0.6) is 0 Å². The van der Waals surface area contributed by atoms with Gasteiger partial charge in [0.2, 0.25) is 0 Å². The zero-order chi connectivity index (χ0) is 16.3. The zero-order valence-electron chi connectivity index (χ0n) is 14.6. The van der Waals surface area contributed by atoms with Crippen molar-refractivity contribution in [3.05, 3.63) is 0 Å². The second kappa shape index (κ2) is 11.2. The van der Waals surface area contributed by atoms with Crippen LogP contribution < -0.4 is 0 Å². The van der Waals surface area contributed by atoms with Gasteiger partial charge in [0.1, 0.15) is 0 Å². The van der Waals surface area contributed by atoms with Gasteiger partial charge < -0.3 is 13.3 Å². The summed E-state index contributed by atoms with van der Waals surface area (Å²) in [6.45, 7) is 7.20. The normalized spacial score (nSPS) is 18.1. The standard InChI is InChI=1S/C17H33NO3Si/c1-4-19-22(20-5-2,15-9-14-18)21-16(3)12-13-17-10-7-6-8-11-17/h16-17H,4-13,15H2,1-3H3. The average Bonchev–Trinajstić information content (AvgIpc) is 2.52. The molecule has 1 aliphatic carbocycles. The van der Waals surface area contributed by atoms with Crippen molar-refractivity contribution in [1.29, 1.82) is 5.26 Å². The first-order valence-corrected chi connectivity index (χ1v) is 10.9. The Bertz CT molecular complexity index is 320. The number of rotatable bonds is 11. The maximum absolute atomic E-state index is 8.88. The third-order valence-corrected chi connectivity index (χ3v) is 7.44. The minimum Gasteiger partial charge on any atom is -0.374 e. The first kappa shape index (κ1) is 19.6. The number of hydrogen-bond donors (Lipinski definition) is 0. The minimum atomic E-state index is -2.69. The summed E-state index contributed by atoms with van der Waals surface area (Å²) in [6, 6.07) is 2.79. The lowest BCUT2D eigenvalue weighted by atomic mass is 9.85. The predicted octanol–water partition coefficient (Wildman–Crippen LogP) is 4.68. The van der Waals surface area contributed by atoms with Crippen LogP contribution in [-0.2, 0) is 13.3 Å². The molecule has 1 unspecified atom stereocenters. The van der Waals surface area contributed by atoms with Gasteiger partial charge in [0.25, 0.3) is 0 Å².